The lowest BCUT2D eigenvalue weighted by molar-refractivity contribution is -0.121. The van der Waals surface area contributed by atoms with Crippen LogP contribution < -0.4 is 10.9 Å². The molecule has 3 aromatic heterocycles. The fraction of sp³-hybridized carbons (Fsp3) is 0.308. The van der Waals surface area contributed by atoms with E-state index in [-0.39, 0.29) is 17.4 Å². The lowest BCUT2D eigenvalue weighted by atomic mass is 9.78. The van der Waals surface area contributed by atoms with Crippen molar-refractivity contribution in [1.29, 1.82) is 0 Å². The molecule has 1 aromatic carbocycles. The molecule has 0 atom stereocenters. The van der Waals surface area contributed by atoms with E-state index in [0.717, 1.165) is 31.2 Å². The van der Waals surface area contributed by atoms with Gasteiger partial charge in [0.1, 0.15) is 11.5 Å². The highest BCUT2D eigenvalue weighted by Gasteiger charge is 2.43. The lowest BCUT2D eigenvalue weighted by Crippen LogP contribution is -2.38. The van der Waals surface area contributed by atoms with Gasteiger partial charge < -0.3 is 9.73 Å². The van der Waals surface area contributed by atoms with Crippen molar-refractivity contribution in [2.75, 3.05) is 5.32 Å². The molecule has 35 heavy (non-hydrogen) atoms. The molecular formula is C26H26ClN5O3. The Hall–Kier alpha value is -3.65. The first-order valence-electron chi connectivity index (χ1n) is 11.7. The normalized spacial score (nSPS) is 14.8. The Morgan fingerprint density at radius 1 is 1.23 bits per heavy atom. The van der Waals surface area contributed by atoms with E-state index in [4.69, 9.17) is 16.0 Å². The van der Waals surface area contributed by atoms with Crippen LogP contribution in [0.2, 0.25) is 5.02 Å². The highest BCUT2D eigenvalue weighted by molar-refractivity contribution is 6.30. The van der Waals surface area contributed by atoms with Crippen molar-refractivity contribution in [1.82, 2.24) is 19.7 Å². The molecule has 0 bridgehead atoms. The van der Waals surface area contributed by atoms with Gasteiger partial charge in [0.05, 0.1) is 11.7 Å². The van der Waals surface area contributed by atoms with Crippen molar-refractivity contribution >= 4 is 23.3 Å². The molecule has 3 heterocycles. The zero-order chi connectivity index (χ0) is 24.6. The summed E-state index contributed by atoms with van der Waals surface area (Å²) in [5.41, 5.74) is 1.78. The molecule has 0 saturated heterocycles. The minimum Gasteiger partial charge on any atom is -0.463 e. The van der Waals surface area contributed by atoms with E-state index >= 15 is 0 Å². The number of furan rings is 1. The fourth-order valence-electron chi connectivity index (χ4n) is 4.92. The number of nitrogens with one attached hydrogen (secondary N) is 2. The number of aryl methyl sites for hydroxylation is 1. The van der Waals surface area contributed by atoms with Crippen molar-refractivity contribution in [2.24, 2.45) is 0 Å². The van der Waals surface area contributed by atoms with Crippen LogP contribution in [0.1, 0.15) is 49.4 Å². The standard InChI is InChI=1S/C26H26ClN5O3/c1-3-19-16(2)28-25(30-23(19)33)32-22(15-20(31-32)21-7-6-14-35-21)29-24(34)26(12-4-5-13-26)17-8-10-18(27)11-9-17/h6-11,14-15H,3-5,12-13H2,1-2H3,(H,29,34)(H,28,30,33). The number of anilines is 1. The van der Waals surface area contributed by atoms with Crippen LogP contribution in [-0.2, 0) is 16.6 Å². The third-order valence-electron chi connectivity index (χ3n) is 6.78. The second-order valence-corrected chi connectivity index (χ2v) is 9.30. The Balaban J connectivity index is 1.58. The molecule has 5 rings (SSSR count). The van der Waals surface area contributed by atoms with Crippen LogP contribution in [0.25, 0.3) is 17.4 Å². The van der Waals surface area contributed by atoms with Gasteiger partial charge in [-0.05, 0) is 56.0 Å². The molecule has 1 fully saturated rings. The van der Waals surface area contributed by atoms with Crippen LogP contribution >= 0.6 is 11.6 Å². The number of aromatic amines is 1. The van der Waals surface area contributed by atoms with Crippen LogP contribution in [-0.4, -0.2) is 25.7 Å². The third kappa shape index (κ3) is 4.18. The van der Waals surface area contributed by atoms with Crippen LogP contribution in [0.15, 0.2) is 57.9 Å². The van der Waals surface area contributed by atoms with Crippen molar-refractivity contribution in [3.63, 3.8) is 0 Å². The SMILES string of the molecule is CCc1c(C)nc(-n2nc(-c3ccco3)cc2NC(=O)C2(c3ccc(Cl)cc3)CCCC2)[nH]c1=O. The van der Waals surface area contributed by atoms with Gasteiger partial charge in [0.15, 0.2) is 5.76 Å². The Labute approximate surface area is 207 Å². The number of carbonyl (C=O) groups is 1. The predicted molar refractivity (Wildman–Crippen MR) is 134 cm³/mol. The molecule has 1 aliphatic carbocycles. The molecule has 9 heteroatoms. The second kappa shape index (κ2) is 9.19. The predicted octanol–water partition coefficient (Wildman–Crippen LogP) is 5.19. The van der Waals surface area contributed by atoms with E-state index in [2.05, 4.69) is 20.4 Å². The number of halogens is 1. The zero-order valence-electron chi connectivity index (χ0n) is 19.6. The maximum atomic E-state index is 13.8. The van der Waals surface area contributed by atoms with E-state index in [0.29, 0.717) is 40.0 Å². The molecular weight excluding hydrogens is 466 g/mol. The summed E-state index contributed by atoms with van der Waals surface area (Å²) in [6.07, 6.45) is 5.51. The maximum Gasteiger partial charge on any atom is 0.255 e. The second-order valence-electron chi connectivity index (χ2n) is 8.86. The fourth-order valence-corrected chi connectivity index (χ4v) is 5.04. The largest absolute Gasteiger partial charge is 0.463 e. The van der Waals surface area contributed by atoms with Crippen LogP contribution in [0.4, 0.5) is 5.82 Å². The van der Waals surface area contributed by atoms with Gasteiger partial charge in [0.25, 0.3) is 5.56 Å². The summed E-state index contributed by atoms with van der Waals surface area (Å²) in [5.74, 6) is 1.03. The Morgan fingerprint density at radius 2 is 1.97 bits per heavy atom. The third-order valence-corrected chi connectivity index (χ3v) is 7.03. The molecule has 1 saturated carbocycles. The quantitative estimate of drug-likeness (QED) is 0.386. The molecule has 8 nitrogen and oxygen atoms in total. The summed E-state index contributed by atoms with van der Waals surface area (Å²) in [4.78, 5) is 33.9. The van der Waals surface area contributed by atoms with Gasteiger partial charge in [0, 0.05) is 22.3 Å². The van der Waals surface area contributed by atoms with E-state index < -0.39 is 5.41 Å². The number of nitrogens with zero attached hydrogens (tertiary/aromatic N) is 3. The Kier molecular flexibility index (Phi) is 6.06. The summed E-state index contributed by atoms with van der Waals surface area (Å²) < 4.78 is 6.97. The van der Waals surface area contributed by atoms with Gasteiger partial charge in [-0.15, -0.1) is 0 Å². The summed E-state index contributed by atoms with van der Waals surface area (Å²) >= 11 is 6.10. The zero-order valence-corrected chi connectivity index (χ0v) is 20.4. The monoisotopic (exact) mass is 491 g/mol. The van der Waals surface area contributed by atoms with Gasteiger partial charge in [-0.1, -0.05) is 43.5 Å². The van der Waals surface area contributed by atoms with Gasteiger partial charge in [-0.25, -0.2) is 4.98 Å². The summed E-state index contributed by atoms with van der Waals surface area (Å²) in [5, 5.41) is 8.31. The minimum absolute atomic E-state index is 0.131. The number of amides is 1. The summed E-state index contributed by atoms with van der Waals surface area (Å²) in [6.45, 7) is 3.70. The van der Waals surface area contributed by atoms with E-state index in [1.54, 1.807) is 31.4 Å². The molecule has 1 aliphatic rings. The van der Waals surface area contributed by atoms with Crippen molar-refractivity contribution < 1.29 is 9.21 Å². The van der Waals surface area contributed by atoms with Gasteiger partial charge in [-0.3, -0.25) is 14.6 Å². The average Bonchev–Trinajstić information content (AvgIpc) is 3.60. The molecule has 0 spiro atoms. The van der Waals surface area contributed by atoms with Crippen molar-refractivity contribution in [2.45, 2.75) is 51.4 Å². The van der Waals surface area contributed by atoms with E-state index in [9.17, 15) is 9.59 Å². The first-order valence-corrected chi connectivity index (χ1v) is 12.1. The smallest absolute Gasteiger partial charge is 0.255 e. The van der Waals surface area contributed by atoms with Crippen molar-refractivity contribution in [3.05, 3.63) is 80.9 Å². The van der Waals surface area contributed by atoms with Crippen LogP contribution in [0.3, 0.4) is 0 Å². The Bertz CT molecular complexity index is 1410. The topological polar surface area (TPSA) is 106 Å². The number of aromatic nitrogens is 4. The summed E-state index contributed by atoms with van der Waals surface area (Å²) in [6, 6.07) is 12.7. The van der Waals surface area contributed by atoms with Crippen molar-refractivity contribution in [3.8, 4) is 17.4 Å². The number of hydrogen-bond donors (Lipinski definition) is 2. The summed E-state index contributed by atoms with van der Waals surface area (Å²) in [7, 11) is 0. The van der Waals surface area contributed by atoms with E-state index in [1.165, 1.54) is 4.68 Å². The molecule has 0 aliphatic heterocycles. The Morgan fingerprint density at radius 3 is 2.60 bits per heavy atom. The van der Waals surface area contributed by atoms with Gasteiger partial charge >= 0.3 is 0 Å². The number of hydrogen-bond acceptors (Lipinski definition) is 5. The lowest BCUT2D eigenvalue weighted by Gasteiger charge is -2.28. The first kappa shape index (κ1) is 23.1. The molecule has 1 amide bonds. The van der Waals surface area contributed by atoms with Crippen LogP contribution in [0.5, 0.6) is 0 Å². The number of rotatable bonds is 6. The maximum absolute atomic E-state index is 13.8. The van der Waals surface area contributed by atoms with Crippen LogP contribution in [0, 0.1) is 6.92 Å². The van der Waals surface area contributed by atoms with Gasteiger partial charge in [0.2, 0.25) is 11.9 Å². The highest BCUT2D eigenvalue weighted by atomic mass is 35.5. The number of benzene rings is 1. The number of carbonyl (C=O) groups excluding carboxylic acids is 1. The molecule has 180 valence electrons. The first-order chi connectivity index (χ1) is 16.9. The molecule has 2 N–H and O–H groups in total. The average molecular weight is 492 g/mol. The number of H-pyrrole nitrogens is 1. The highest BCUT2D eigenvalue weighted by Crippen LogP contribution is 2.42. The minimum atomic E-state index is -0.673. The van der Waals surface area contributed by atoms with Gasteiger partial charge in [-0.2, -0.15) is 9.78 Å². The molecule has 0 radical (unpaired) electrons. The molecule has 0 unspecified atom stereocenters. The molecule has 4 aromatic rings. The van der Waals surface area contributed by atoms with E-state index in [1.807, 2.05) is 31.2 Å².